The molecule has 3 aromatic carbocycles. The highest BCUT2D eigenvalue weighted by Gasteiger charge is 2.19. The van der Waals surface area contributed by atoms with Crippen LogP contribution in [0, 0.1) is 12.7 Å². The second kappa shape index (κ2) is 9.19. The summed E-state index contributed by atoms with van der Waals surface area (Å²) in [4.78, 5) is 26.1. The van der Waals surface area contributed by atoms with Gasteiger partial charge in [0.2, 0.25) is 0 Å². The maximum atomic E-state index is 13.1. The van der Waals surface area contributed by atoms with Gasteiger partial charge >= 0.3 is 0 Å². The van der Waals surface area contributed by atoms with E-state index in [9.17, 15) is 22.4 Å². The number of halogens is 1. The molecule has 0 bridgehead atoms. The van der Waals surface area contributed by atoms with E-state index < -0.39 is 21.7 Å². The summed E-state index contributed by atoms with van der Waals surface area (Å²) >= 11 is 0. The quantitative estimate of drug-likeness (QED) is 0.590. The third-order valence-electron chi connectivity index (χ3n) is 4.66. The molecule has 0 aliphatic heterocycles. The molecule has 0 radical (unpaired) electrons. The van der Waals surface area contributed by atoms with Crippen molar-refractivity contribution in [2.45, 2.75) is 11.8 Å². The van der Waals surface area contributed by atoms with E-state index in [1.165, 1.54) is 35.2 Å². The maximum Gasteiger partial charge on any atom is 0.261 e. The van der Waals surface area contributed by atoms with E-state index in [-0.39, 0.29) is 22.1 Å². The van der Waals surface area contributed by atoms with E-state index in [0.29, 0.717) is 16.8 Å². The van der Waals surface area contributed by atoms with Gasteiger partial charge in [-0.3, -0.25) is 14.3 Å². The molecule has 0 unspecified atom stereocenters. The summed E-state index contributed by atoms with van der Waals surface area (Å²) in [6.45, 7) is 1.69. The highest BCUT2D eigenvalue weighted by molar-refractivity contribution is 7.92. The Bertz CT molecular complexity index is 1260. The lowest BCUT2D eigenvalue weighted by atomic mass is 10.1. The molecule has 0 spiro atoms. The average molecular weight is 456 g/mol. The Morgan fingerprint density at radius 3 is 2.06 bits per heavy atom. The maximum absolute atomic E-state index is 13.1. The van der Waals surface area contributed by atoms with E-state index >= 15 is 0 Å². The van der Waals surface area contributed by atoms with Gasteiger partial charge in [-0.05, 0) is 73.2 Å². The van der Waals surface area contributed by atoms with Crippen LogP contribution in [0.15, 0.2) is 71.6 Å². The highest BCUT2D eigenvalue weighted by Crippen LogP contribution is 2.21. The lowest BCUT2D eigenvalue weighted by Gasteiger charge is -2.13. The molecule has 2 amide bonds. The zero-order chi connectivity index (χ0) is 23.5. The average Bonchev–Trinajstić information content (AvgIpc) is 2.75. The molecule has 3 rings (SSSR count). The number of aryl methyl sites for hydroxylation is 1. The zero-order valence-corrected chi connectivity index (χ0v) is 18.5. The van der Waals surface area contributed by atoms with Crippen LogP contribution in [0.25, 0.3) is 0 Å². The molecule has 0 saturated heterocycles. The number of carbonyl (C=O) groups excluding carboxylic acids is 2. The van der Waals surface area contributed by atoms with Gasteiger partial charge in [-0.15, -0.1) is 0 Å². The van der Waals surface area contributed by atoms with E-state index in [4.69, 9.17) is 0 Å². The number of nitrogens with zero attached hydrogens (tertiary/aromatic N) is 1. The third-order valence-corrected chi connectivity index (χ3v) is 6.04. The zero-order valence-electron chi connectivity index (χ0n) is 17.7. The van der Waals surface area contributed by atoms with Crippen LogP contribution in [-0.4, -0.2) is 39.2 Å². The molecule has 7 nitrogen and oxygen atoms in total. The van der Waals surface area contributed by atoms with Gasteiger partial charge in [0.05, 0.1) is 4.90 Å². The van der Waals surface area contributed by atoms with Gasteiger partial charge in [0.25, 0.3) is 21.8 Å². The standard InChI is InChI=1S/C23H22FN3O4S/c1-15-4-13-20(32(30,31)26-19-11-7-17(24)8-12-19)14-21(15)22(28)25-18-9-5-16(6-10-18)23(29)27(2)3/h4-14,26H,1-3H3,(H,25,28). The normalized spacial score (nSPS) is 11.0. The van der Waals surface area contributed by atoms with E-state index in [1.807, 2.05) is 0 Å². The molecule has 0 saturated carbocycles. The summed E-state index contributed by atoms with van der Waals surface area (Å²) in [6.07, 6.45) is 0. The number of nitrogens with one attached hydrogen (secondary N) is 2. The number of carbonyl (C=O) groups is 2. The molecule has 0 aliphatic rings. The number of benzene rings is 3. The number of hydrogen-bond donors (Lipinski definition) is 2. The molecule has 2 N–H and O–H groups in total. The van der Waals surface area contributed by atoms with E-state index in [2.05, 4.69) is 10.0 Å². The van der Waals surface area contributed by atoms with Crippen LogP contribution in [0.1, 0.15) is 26.3 Å². The number of anilines is 2. The van der Waals surface area contributed by atoms with Crippen molar-refractivity contribution in [3.63, 3.8) is 0 Å². The lowest BCUT2D eigenvalue weighted by Crippen LogP contribution is -2.21. The van der Waals surface area contributed by atoms with Crippen molar-refractivity contribution in [1.82, 2.24) is 4.90 Å². The van der Waals surface area contributed by atoms with Gasteiger partial charge in [0.15, 0.2) is 0 Å². The lowest BCUT2D eigenvalue weighted by molar-refractivity contribution is 0.0827. The second-order valence-electron chi connectivity index (χ2n) is 7.32. The van der Waals surface area contributed by atoms with Crippen LogP contribution in [-0.2, 0) is 10.0 Å². The Balaban J connectivity index is 1.81. The van der Waals surface area contributed by atoms with Crippen LogP contribution >= 0.6 is 0 Å². The number of sulfonamides is 1. The molecule has 0 atom stereocenters. The van der Waals surface area contributed by atoms with Crippen LogP contribution in [0.4, 0.5) is 15.8 Å². The van der Waals surface area contributed by atoms with Gasteiger partial charge < -0.3 is 10.2 Å². The molecule has 0 aliphatic carbocycles. The Hall–Kier alpha value is -3.72. The van der Waals surface area contributed by atoms with Gasteiger partial charge in [-0.25, -0.2) is 12.8 Å². The Morgan fingerprint density at radius 1 is 0.875 bits per heavy atom. The van der Waals surface area contributed by atoms with Gasteiger partial charge in [0.1, 0.15) is 5.82 Å². The molecule has 0 aromatic heterocycles. The minimum Gasteiger partial charge on any atom is -0.345 e. The second-order valence-corrected chi connectivity index (χ2v) is 9.00. The van der Waals surface area contributed by atoms with Crippen molar-refractivity contribution >= 4 is 33.2 Å². The Labute approximate surface area is 185 Å². The van der Waals surface area contributed by atoms with Gasteiger partial charge in [-0.1, -0.05) is 6.07 Å². The van der Waals surface area contributed by atoms with Crippen LogP contribution in [0.5, 0.6) is 0 Å². The fraction of sp³-hybridized carbons (Fsp3) is 0.130. The summed E-state index contributed by atoms with van der Waals surface area (Å²) < 4.78 is 40.9. The number of rotatable bonds is 6. The number of hydrogen-bond acceptors (Lipinski definition) is 4. The van der Waals surface area contributed by atoms with Gasteiger partial charge in [-0.2, -0.15) is 0 Å². The van der Waals surface area contributed by atoms with E-state index in [1.54, 1.807) is 45.3 Å². The Morgan fingerprint density at radius 2 is 1.47 bits per heavy atom. The molecule has 3 aromatic rings. The van der Waals surface area contributed by atoms with Gasteiger partial charge in [0, 0.05) is 36.6 Å². The molecule has 0 heterocycles. The largest absolute Gasteiger partial charge is 0.345 e. The summed E-state index contributed by atoms with van der Waals surface area (Å²) in [5.41, 5.74) is 1.90. The number of amides is 2. The topological polar surface area (TPSA) is 95.6 Å². The van der Waals surface area contributed by atoms with Crippen molar-refractivity contribution in [1.29, 1.82) is 0 Å². The smallest absolute Gasteiger partial charge is 0.261 e. The SMILES string of the molecule is Cc1ccc(S(=O)(=O)Nc2ccc(F)cc2)cc1C(=O)Nc1ccc(C(=O)N(C)C)cc1. The molecule has 0 fully saturated rings. The van der Waals surface area contributed by atoms with Crippen molar-refractivity contribution in [3.05, 3.63) is 89.2 Å². The minimum atomic E-state index is -3.99. The molecular formula is C23H22FN3O4S. The molecule has 166 valence electrons. The first-order chi connectivity index (χ1) is 15.1. The predicted octanol–water partition coefficient (Wildman–Crippen LogP) is 3.89. The van der Waals surface area contributed by atoms with E-state index in [0.717, 1.165) is 12.1 Å². The van der Waals surface area contributed by atoms with Crippen LogP contribution < -0.4 is 10.0 Å². The predicted molar refractivity (Wildman–Crippen MR) is 121 cm³/mol. The third kappa shape index (κ3) is 5.30. The molecule has 32 heavy (non-hydrogen) atoms. The first-order valence-electron chi connectivity index (χ1n) is 9.59. The summed E-state index contributed by atoms with van der Waals surface area (Å²) in [5.74, 6) is -1.14. The monoisotopic (exact) mass is 455 g/mol. The molecular weight excluding hydrogens is 433 g/mol. The van der Waals surface area contributed by atoms with Crippen LogP contribution in [0.3, 0.4) is 0 Å². The fourth-order valence-electron chi connectivity index (χ4n) is 2.90. The Kier molecular flexibility index (Phi) is 6.59. The molecule has 9 heteroatoms. The van der Waals surface area contributed by atoms with Crippen LogP contribution in [0.2, 0.25) is 0 Å². The summed E-state index contributed by atoms with van der Waals surface area (Å²) in [7, 11) is -0.699. The summed E-state index contributed by atoms with van der Waals surface area (Å²) in [5, 5.41) is 2.71. The van der Waals surface area contributed by atoms with Crippen molar-refractivity contribution in [2.75, 3.05) is 24.1 Å². The highest BCUT2D eigenvalue weighted by atomic mass is 32.2. The summed E-state index contributed by atoms with van der Waals surface area (Å²) in [6, 6.07) is 15.5. The first-order valence-corrected chi connectivity index (χ1v) is 11.1. The fourth-order valence-corrected chi connectivity index (χ4v) is 3.98. The van der Waals surface area contributed by atoms with Crippen molar-refractivity contribution < 1.29 is 22.4 Å². The minimum absolute atomic E-state index is 0.107. The first kappa shape index (κ1) is 23.0. The van der Waals surface area contributed by atoms with Crippen molar-refractivity contribution in [2.24, 2.45) is 0 Å². The van der Waals surface area contributed by atoms with Crippen molar-refractivity contribution in [3.8, 4) is 0 Å².